The van der Waals surface area contributed by atoms with Gasteiger partial charge >= 0.3 is 7.75 Å². The molecule has 0 bridgehead atoms. The largest absolute Gasteiger partial charge is 0.437 e. The summed E-state index contributed by atoms with van der Waals surface area (Å²) < 4.78 is 14.5. The normalized spacial score (nSPS) is 15.6. The van der Waals surface area contributed by atoms with Gasteiger partial charge in [0, 0.05) is 5.56 Å². The first-order valence-electron chi connectivity index (χ1n) is 3.01. The monoisotopic (exact) mass is 209 g/mol. The lowest BCUT2D eigenvalue weighted by Crippen LogP contribution is -2.01. The fraction of sp³-hybridized carbons (Fsp3) is 0.200. The van der Waals surface area contributed by atoms with Gasteiger partial charge in [0.2, 0.25) is 5.06 Å². The first-order valence-corrected chi connectivity index (χ1v) is 5.53. The summed E-state index contributed by atoms with van der Waals surface area (Å²) in [4.78, 5) is 13.0. The van der Waals surface area contributed by atoms with Gasteiger partial charge in [0.1, 0.15) is 0 Å². The van der Waals surface area contributed by atoms with Crippen molar-refractivity contribution in [1.29, 1.82) is 0 Å². The van der Waals surface area contributed by atoms with Crippen molar-refractivity contribution >= 4 is 19.1 Å². The van der Waals surface area contributed by atoms with Gasteiger partial charge in [-0.3, -0.25) is 0 Å². The standard InChI is InChI=1S/C5H8NO4PS/c1-4-2-3-12-5(4)9-10-11(6,7)8/h2-3H,1H3,(H3,6,7,8). The molecule has 0 aliphatic carbocycles. The number of nitrogens with two attached hydrogens (primary N) is 1. The van der Waals surface area contributed by atoms with Crippen LogP contribution >= 0.6 is 19.1 Å². The summed E-state index contributed by atoms with van der Waals surface area (Å²) in [7, 11) is -4.04. The van der Waals surface area contributed by atoms with Gasteiger partial charge in [-0.1, -0.05) is 4.67 Å². The van der Waals surface area contributed by atoms with E-state index >= 15 is 0 Å². The molecule has 5 nitrogen and oxygen atoms in total. The van der Waals surface area contributed by atoms with Crippen LogP contribution in [-0.2, 0) is 9.24 Å². The Kier molecular flexibility index (Phi) is 2.87. The summed E-state index contributed by atoms with van der Waals surface area (Å²) >= 11 is 1.26. The third-order valence-electron chi connectivity index (χ3n) is 1.03. The van der Waals surface area contributed by atoms with Crippen molar-refractivity contribution in [3.05, 3.63) is 17.0 Å². The van der Waals surface area contributed by atoms with Gasteiger partial charge in [-0.25, -0.2) is 10.1 Å². The first-order chi connectivity index (χ1) is 5.49. The highest BCUT2D eigenvalue weighted by Gasteiger charge is 2.14. The van der Waals surface area contributed by atoms with Crippen LogP contribution in [0.15, 0.2) is 11.4 Å². The van der Waals surface area contributed by atoms with Gasteiger partial charge in [-0.05, 0) is 18.4 Å². The Morgan fingerprint density at radius 3 is 2.83 bits per heavy atom. The van der Waals surface area contributed by atoms with E-state index in [9.17, 15) is 4.57 Å². The Hall–Kier alpha value is -0.390. The van der Waals surface area contributed by atoms with E-state index in [1.165, 1.54) is 11.3 Å². The van der Waals surface area contributed by atoms with E-state index in [2.05, 4.69) is 15.1 Å². The van der Waals surface area contributed by atoms with Gasteiger partial charge in [-0.15, -0.1) is 11.3 Å². The van der Waals surface area contributed by atoms with Gasteiger partial charge in [0.25, 0.3) is 0 Å². The third kappa shape index (κ3) is 2.92. The molecular weight excluding hydrogens is 201 g/mol. The zero-order chi connectivity index (χ0) is 9.19. The minimum atomic E-state index is -4.04. The third-order valence-corrected chi connectivity index (χ3v) is 2.20. The van der Waals surface area contributed by atoms with E-state index in [0.29, 0.717) is 5.06 Å². The maximum atomic E-state index is 10.4. The average molecular weight is 209 g/mol. The molecule has 0 saturated carbocycles. The molecule has 0 amide bonds. The SMILES string of the molecule is Cc1ccsc1OOP(N)(=O)O. The Morgan fingerprint density at radius 1 is 1.75 bits per heavy atom. The molecule has 7 heteroatoms. The van der Waals surface area contributed by atoms with Crippen LogP contribution in [0.4, 0.5) is 0 Å². The molecule has 0 fully saturated rings. The van der Waals surface area contributed by atoms with E-state index in [0.717, 1.165) is 5.56 Å². The van der Waals surface area contributed by atoms with Gasteiger partial charge in [-0.2, -0.15) is 0 Å². The molecule has 3 N–H and O–H groups in total. The molecule has 1 rings (SSSR count). The molecular formula is C5H8NO4PS. The fourth-order valence-corrected chi connectivity index (χ4v) is 1.49. The van der Waals surface area contributed by atoms with E-state index in [1.54, 1.807) is 18.4 Å². The minimum Gasteiger partial charge on any atom is -0.316 e. The quantitative estimate of drug-likeness (QED) is 0.447. The van der Waals surface area contributed by atoms with Crippen molar-refractivity contribution in [1.82, 2.24) is 0 Å². The van der Waals surface area contributed by atoms with Crippen LogP contribution in [-0.4, -0.2) is 4.89 Å². The lowest BCUT2D eigenvalue weighted by atomic mass is 10.4. The molecule has 1 heterocycles. The van der Waals surface area contributed by atoms with Gasteiger partial charge in [0.15, 0.2) is 0 Å². The average Bonchev–Trinajstić information content (AvgIpc) is 2.29. The molecule has 12 heavy (non-hydrogen) atoms. The van der Waals surface area contributed by atoms with Gasteiger partial charge < -0.3 is 9.78 Å². The summed E-state index contributed by atoms with van der Waals surface area (Å²) in [6, 6.07) is 1.79. The molecule has 68 valence electrons. The zero-order valence-corrected chi connectivity index (χ0v) is 7.97. The van der Waals surface area contributed by atoms with E-state index in [1.807, 2.05) is 0 Å². The number of hydrogen-bond donors (Lipinski definition) is 2. The van der Waals surface area contributed by atoms with Crippen molar-refractivity contribution in [3.8, 4) is 5.06 Å². The smallest absolute Gasteiger partial charge is 0.316 e. The van der Waals surface area contributed by atoms with Crippen LogP contribution < -0.4 is 10.4 Å². The zero-order valence-electron chi connectivity index (χ0n) is 6.26. The van der Waals surface area contributed by atoms with Crippen LogP contribution in [0.5, 0.6) is 5.06 Å². The van der Waals surface area contributed by atoms with Crippen LogP contribution in [0.2, 0.25) is 0 Å². The van der Waals surface area contributed by atoms with E-state index in [4.69, 9.17) is 4.89 Å². The van der Waals surface area contributed by atoms with Crippen LogP contribution in [0.25, 0.3) is 0 Å². The Morgan fingerprint density at radius 2 is 2.42 bits per heavy atom. The Labute approximate surface area is 73.2 Å². The molecule has 0 aliphatic heterocycles. The molecule has 0 saturated heterocycles. The maximum Gasteiger partial charge on any atom is 0.437 e. The molecule has 1 aromatic heterocycles. The lowest BCUT2D eigenvalue weighted by molar-refractivity contribution is -0.105. The predicted molar refractivity (Wildman–Crippen MR) is 44.8 cm³/mol. The van der Waals surface area contributed by atoms with Crippen molar-refractivity contribution in [2.45, 2.75) is 6.92 Å². The number of thiophene rings is 1. The van der Waals surface area contributed by atoms with Crippen LogP contribution in [0, 0.1) is 6.92 Å². The van der Waals surface area contributed by atoms with Crippen molar-refractivity contribution in [3.63, 3.8) is 0 Å². The Balaban J connectivity index is 2.55. The minimum absolute atomic E-state index is 0.426. The highest BCUT2D eigenvalue weighted by molar-refractivity contribution is 7.50. The van der Waals surface area contributed by atoms with Crippen molar-refractivity contribution < 1.29 is 19.0 Å². The predicted octanol–water partition coefficient (Wildman–Crippen LogP) is 1.43. The molecule has 1 atom stereocenters. The van der Waals surface area contributed by atoms with Crippen LogP contribution in [0.1, 0.15) is 5.56 Å². The lowest BCUT2D eigenvalue weighted by Gasteiger charge is -2.04. The second-order valence-electron chi connectivity index (χ2n) is 2.11. The summed E-state index contributed by atoms with van der Waals surface area (Å²) in [6.45, 7) is 1.79. The summed E-state index contributed by atoms with van der Waals surface area (Å²) in [5, 5.41) is 2.20. The molecule has 1 aromatic rings. The second kappa shape index (κ2) is 3.55. The topological polar surface area (TPSA) is 81.8 Å². The van der Waals surface area contributed by atoms with E-state index in [-0.39, 0.29) is 0 Å². The second-order valence-corrected chi connectivity index (χ2v) is 4.27. The maximum absolute atomic E-state index is 10.4. The number of hydrogen-bond acceptors (Lipinski definition) is 4. The molecule has 0 spiro atoms. The highest BCUT2D eigenvalue weighted by Crippen LogP contribution is 2.34. The summed E-state index contributed by atoms with van der Waals surface area (Å²) in [6.07, 6.45) is 0. The van der Waals surface area contributed by atoms with Crippen LogP contribution in [0.3, 0.4) is 0 Å². The highest BCUT2D eigenvalue weighted by atomic mass is 32.1. The summed E-state index contributed by atoms with van der Waals surface area (Å²) in [5.74, 6) is 0. The fourth-order valence-electron chi connectivity index (χ4n) is 0.531. The van der Waals surface area contributed by atoms with Crippen molar-refractivity contribution in [2.24, 2.45) is 5.50 Å². The van der Waals surface area contributed by atoms with E-state index < -0.39 is 7.75 Å². The van der Waals surface area contributed by atoms with Crippen molar-refractivity contribution in [2.75, 3.05) is 0 Å². The molecule has 0 radical (unpaired) electrons. The Bertz CT molecular complexity index is 306. The van der Waals surface area contributed by atoms with Gasteiger partial charge in [0.05, 0.1) is 0 Å². The molecule has 0 aliphatic rings. The first kappa shape index (κ1) is 9.70. The molecule has 0 aromatic carbocycles. The summed E-state index contributed by atoms with van der Waals surface area (Å²) in [5.41, 5.74) is 5.50. The number of aryl methyl sites for hydroxylation is 1. The number of rotatable bonds is 3. The molecule has 1 unspecified atom stereocenters.